The van der Waals surface area contributed by atoms with Gasteiger partial charge in [0.05, 0.1) is 19.8 Å². The van der Waals surface area contributed by atoms with Crippen molar-refractivity contribution >= 4 is 17.5 Å². The zero-order valence-electron chi connectivity index (χ0n) is 23.0. The summed E-state index contributed by atoms with van der Waals surface area (Å²) in [7, 11) is 3.38. The molecule has 1 aromatic heterocycles. The molecule has 2 aliphatic heterocycles. The number of amides is 1. The van der Waals surface area contributed by atoms with Crippen LogP contribution in [0.2, 0.25) is 0 Å². The maximum absolute atomic E-state index is 12.0. The Morgan fingerprint density at radius 2 is 2.05 bits per heavy atom. The number of carbonyl (C=O) groups excluding carboxylic acids is 1. The van der Waals surface area contributed by atoms with Crippen LogP contribution in [0.25, 0.3) is 11.4 Å². The number of hydrogen-bond donors (Lipinski definition) is 3. The van der Waals surface area contributed by atoms with Gasteiger partial charge in [-0.15, -0.1) is 0 Å². The van der Waals surface area contributed by atoms with Gasteiger partial charge in [0, 0.05) is 62.9 Å². The summed E-state index contributed by atoms with van der Waals surface area (Å²) in [5.41, 5.74) is 1.70. The number of rotatable bonds is 10. The summed E-state index contributed by atoms with van der Waals surface area (Å²) in [6.07, 6.45) is 0.270. The Bertz CT molecular complexity index is 1110. The first kappa shape index (κ1) is 27.9. The maximum Gasteiger partial charge on any atom is 0.219 e. The van der Waals surface area contributed by atoms with Gasteiger partial charge in [-0.25, -0.2) is 9.97 Å². The van der Waals surface area contributed by atoms with Crippen LogP contribution in [-0.2, 0) is 9.53 Å². The number of nitrogens with zero attached hydrogens (tertiary/aromatic N) is 4. The predicted octanol–water partition coefficient (Wildman–Crippen LogP) is 1.68. The van der Waals surface area contributed by atoms with Gasteiger partial charge in [0.1, 0.15) is 35.8 Å². The Labute approximate surface area is 224 Å². The molecule has 3 N–H and O–H groups in total. The molecule has 38 heavy (non-hydrogen) atoms. The smallest absolute Gasteiger partial charge is 0.219 e. The van der Waals surface area contributed by atoms with E-state index in [4.69, 9.17) is 24.2 Å². The number of aliphatic hydroxyl groups is 1. The molecule has 2 fully saturated rings. The highest BCUT2D eigenvalue weighted by atomic mass is 16.5. The quantitative estimate of drug-likeness (QED) is 0.420. The first-order valence-electron chi connectivity index (χ1n) is 13.2. The van der Waals surface area contributed by atoms with Crippen LogP contribution in [0, 0.1) is 6.92 Å². The van der Waals surface area contributed by atoms with Gasteiger partial charge in [-0.2, -0.15) is 0 Å². The van der Waals surface area contributed by atoms with Gasteiger partial charge in [0.2, 0.25) is 5.91 Å². The third kappa shape index (κ3) is 6.64. The number of likely N-dealkylation sites (N-methyl/N-ethyl adjacent to an activating group) is 1. The van der Waals surface area contributed by atoms with E-state index in [1.54, 1.807) is 27.1 Å². The van der Waals surface area contributed by atoms with Crippen LogP contribution >= 0.6 is 0 Å². The lowest BCUT2D eigenvalue weighted by atomic mass is 10.1. The summed E-state index contributed by atoms with van der Waals surface area (Å²) in [6.45, 7) is 9.64. The average molecular weight is 529 g/mol. The number of nitrogens with one attached hydrogen (secondary N) is 2. The predicted molar refractivity (Wildman–Crippen MR) is 146 cm³/mol. The molecular formula is C27H40N6O5. The lowest BCUT2D eigenvalue weighted by Gasteiger charge is -2.40. The van der Waals surface area contributed by atoms with Crippen molar-refractivity contribution in [2.24, 2.45) is 0 Å². The number of piperazine rings is 1. The van der Waals surface area contributed by atoms with Crippen molar-refractivity contribution in [3.8, 4) is 22.9 Å². The molecule has 1 aromatic carbocycles. The van der Waals surface area contributed by atoms with E-state index in [9.17, 15) is 9.90 Å². The monoisotopic (exact) mass is 528 g/mol. The minimum atomic E-state index is -0.642. The molecule has 11 heteroatoms. The van der Waals surface area contributed by atoms with Gasteiger partial charge >= 0.3 is 0 Å². The van der Waals surface area contributed by atoms with E-state index < -0.39 is 6.10 Å². The summed E-state index contributed by atoms with van der Waals surface area (Å²) in [4.78, 5) is 26.1. The van der Waals surface area contributed by atoms with Gasteiger partial charge in [-0.1, -0.05) is 0 Å². The van der Waals surface area contributed by atoms with Crippen molar-refractivity contribution in [1.82, 2.24) is 20.2 Å². The third-order valence-corrected chi connectivity index (χ3v) is 6.98. The van der Waals surface area contributed by atoms with Gasteiger partial charge in [0.15, 0.2) is 5.82 Å². The van der Waals surface area contributed by atoms with E-state index in [0.717, 1.165) is 35.8 Å². The fourth-order valence-corrected chi connectivity index (χ4v) is 4.93. The van der Waals surface area contributed by atoms with Crippen molar-refractivity contribution in [2.75, 3.05) is 70.4 Å². The Morgan fingerprint density at radius 1 is 1.26 bits per heavy atom. The van der Waals surface area contributed by atoms with Crippen LogP contribution in [0.1, 0.15) is 25.8 Å². The molecular weight excluding hydrogens is 488 g/mol. The van der Waals surface area contributed by atoms with Crippen LogP contribution in [0.15, 0.2) is 18.2 Å². The number of aliphatic hydroxyl groups excluding tert-OH is 1. The minimum absolute atomic E-state index is 0.0690. The minimum Gasteiger partial charge on any atom is -0.497 e. The highest BCUT2D eigenvalue weighted by Crippen LogP contribution is 2.33. The molecule has 0 radical (unpaired) electrons. The van der Waals surface area contributed by atoms with Crippen LogP contribution in [0.5, 0.6) is 11.5 Å². The van der Waals surface area contributed by atoms with E-state index in [-0.39, 0.29) is 24.6 Å². The lowest BCUT2D eigenvalue weighted by Crippen LogP contribution is -2.54. The molecule has 3 heterocycles. The molecule has 1 amide bonds. The third-order valence-electron chi connectivity index (χ3n) is 6.98. The van der Waals surface area contributed by atoms with Gasteiger partial charge in [-0.3, -0.25) is 4.79 Å². The number of ether oxygens (including phenoxy) is 3. The van der Waals surface area contributed by atoms with Crippen molar-refractivity contribution in [3.05, 3.63) is 23.8 Å². The normalized spacial score (nSPS) is 20.4. The van der Waals surface area contributed by atoms with Gasteiger partial charge < -0.3 is 39.8 Å². The Morgan fingerprint density at radius 3 is 2.71 bits per heavy atom. The number of carbonyl (C=O) groups is 1. The molecule has 3 atom stereocenters. The Balaban J connectivity index is 1.70. The first-order chi connectivity index (χ1) is 18.3. The van der Waals surface area contributed by atoms with E-state index in [2.05, 4.69) is 22.5 Å². The molecule has 0 aliphatic carbocycles. The second-order valence-electron chi connectivity index (χ2n) is 9.98. The zero-order chi connectivity index (χ0) is 27.2. The van der Waals surface area contributed by atoms with Crippen molar-refractivity contribution < 1.29 is 24.1 Å². The van der Waals surface area contributed by atoms with Crippen LogP contribution in [0.3, 0.4) is 0 Å². The molecule has 2 saturated heterocycles. The topological polar surface area (TPSA) is 121 Å². The largest absolute Gasteiger partial charge is 0.497 e. The van der Waals surface area contributed by atoms with E-state index >= 15 is 0 Å². The van der Waals surface area contributed by atoms with Crippen molar-refractivity contribution in [2.45, 2.75) is 45.4 Å². The summed E-state index contributed by atoms with van der Waals surface area (Å²) in [6, 6.07) is 5.77. The van der Waals surface area contributed by atoms with Crippen LogP contribution in [0.4, 0.5) is 11.6 Å². The first-order valence-corrected chi connectivity index (χ1v) is 13.2. The molecule has 2 aliphatic rings. The second kappa shape index (κ2) is 12.6. The van der Waals surface area contributed by atoms with Crippen LogP contribution in [-0.4, -0.2) is 104 Å². The summed E-state index contributed by atoms with van der Waals surface area (Å²) >= 11 is 0. The van der Waals surface area contributed by atoms with Crippen LogP contribution < -0.4 is 25.0 Å². The Kier molecular flexibility index (Phi) is 9.24. The average Bonchev–Trinajstić information content (AvgIpc) is 3.41. The molecule has 0 spiro atoms. The molecule has 0 saturated carbocycles. The highest BCUT2D eigenvalue weighted by molar-refractivity contribution is 5.74. The highest BCUT2D eigenvalue weighted by Gasteiger charge is 2.29. The molecule has 2 unspecified atom stereocenters. The van der Waals surface area contributed by atoms with Gasteiger partial charge in [-0.05, 0) is 39.4 Å². The maximum atomic E-state index is 12.0. The van der Waals surface area contributed by atoms with Crippen molar-refractivity contribution in [3.63, 3.8) is 0 Å². The van der Waals surface area contributed by atoms with E-state index in [1.807, 2.05) is 24.0 Å². The molecule has 0 bridgehead atoms. The number of benzene rings is 1. The SMILES string of the molecule is CNCC(O)COc1cc(OC)cc(-c2nc(NC3CCOC3)c(C)c(N3CCN(C(C)=O)[C@@H](C)C3)n2)c1. The number of anilines is 2. The zero-order valence-corrected chi connectivity index (χ0v) is 23.0. The van der Waals surface area contributed by atoms with Gasteiger partial charge in [0.25, 0.3) is 0 Å². The fourth-order valence-electron chi connectivity index (χ4n) is 4.93. The van der Waals surface area contributed by atoms with E-state index in [0.29, 0.717) is 50.1 Å². The molecule has 4 rings (SSSR count). The van der Waals surface area contributed by atoms with Crippen molar-refractivity contribution in [1.29, 1.82) is 0 Å². The number of methoxy groups -OCH3 is 1. The Hall–Kier alpha value is -3.15. The standard InChI is InChI=1S/C27H40N6O5/c1-17-14-32(7-8-33(17)19(3)34)27-18(2)25(29-21-6-9-37-15-21)30-26(31-27)20-10-23(36-5)12-24(11-20)38-16-22(35)13-28-4/h10-12,17,21-22,28,35H,6-9,13-16H2,1-5H3,(H,29,30,31)/t17-,21?,22?/m0/s1. The second-order valence-corrected chi connectivity index (χ2v) is 9.98. The molecule has 11 nitrogen and oxygen atoms in total. The van der Waals surface area contributed by atoms with E-state index in [1.165, 1.54) is 0 Å². The fraction of sp³-hybridized carbons (Fsp3) is 0.593. The molecule has 208 valence electrons. The molecule has 2 aromatic rings. The number of aromatic nitrogens is 2. The summed E-state index contributed by atoms with van der Waals surface area (Å²) in [5.74, 6) is 3.38. The lowest BCUT2D eigenvalue weighted by molar-refractivity contribution is -0.131. The summed E-state index contributed by atoms with van der Waals surface area (Å²) in [5, 5.41) is 16.6. The number of hydrogen-bond acceptors (Lipinski definition) is 10. The summed E-state index contributed by atoms with van der Waals surface area (Å²) < 4.78 is 17.0.